The summed E-state index contributed by atoms with van der Waals surface area (Å²) in [5.74, 6) is 0.867. The maximum atomic E-state index is 11.4. The minimum atomic E-state index is -0.364. The van der Waals surface area contributed by atoms with E-state index < -0.39 is 0 Å². The summed E-state index contributed by atoms with van der Waals surface area (Å²) in [6.45, 7) is 3.16. The lowest BCUT2D eigenvalue weighted by Gasteiger charge is -2.24. The van der Waals surface area contributed by atoms with Crippen molar-refractivity contribution in [2.24, 2.45) is 0 Å². The Morgan fingerprint density at radius 1 is 1.58 bits per heavy atom. The van der Waals surface area contributed by atoms with Crippen LogP contribution in [0.2, 0.25) is 0 Å². The molecule has 1 unspecified atom stereocenters. The van der Waals surface area contributed by atoms with Gasteiger partial charge < -0.3 is 15.8 Å². The van der Waals surface area contributed by atoms with Gasteiger partial charge in [0.05, 0.1) is 24.0 Å². The molecule has 5 heteroatoms. The number of nitrogen functional groups attached to an aromatic ring is 1. The molecule has 1 aliphatic heterocycles. The molecule has 0 aliphatic carbocycles. The van der Waals surface area contributed by atoms with Gasteiger partial charge in [-0.1, -0.05) is 0 Å². The van der Waals surface area contributed by atoms with Gasteiger partial charge in [0.25, 0.3) is 0 Å². The number of carbonyl (C=O) groups is 1. The highest BCUT2D eigenvalue weighted by Crippen LogP contribution is 2.38. The lowest BCUT2D eigenvalue weighted by Crippen LogP contribution is -2.27. The fourth-order valence-electron chi connectivity index (χ4n) is 2.23. The molecule has 0 amide bonds. The van der Waals surface area contributed by atoms with E-state index in [1.807, 2.05) is 17.8 Å². The van der Waals surface area contributed by atoms with E-state index in [9.17, 15) is 4.79 Å². The van der Waals surface area contributed by atoms with E-state index in [1.54, 1.807) is 12.1 Å². The largest absolute Gasteiger partial charge is 0.465 e. The van der Waals surface area contributed by atoms with Crippen molar-refractivity contribution in [3.05, 3.63) is 23.8 Å². The number of nitrogens with one attached hydrogen (secondary N) is 1. The average Bonchev–Trinajstić information content (AvgIpc) is 2.83. The van der Waals surface area contributed by atoms with E-state index in [4.69, 9.17) is 5.73 Å². The first kappa shape index (κ1) is 14.1. The summed E-state index contributed by atoms with van der Waals surface area (Å²) in [4.78, 5) is 11.4. The molecule has 1 fully saturated rings. The maximum Gasteiger partial charge on any atom is 0.337 e. The van der Waals surface area contributed by atoms with Gasteiger partial charge in [0.2, 0.25) is 0 Å². The van der Waals surface area contributed by atoms with Crippen LogP contribution in [0.1, 0.15) is 30.1 Å². The Hall–Kier alpha value is -1.36. The Bertz CT molecular complexity index is 471. The summed E-state index contributed by atoms with van der Waals surface area (Å²) in [5.41, 5.74) is 7.90. The molecule has 1 atom stereocenters. The first-order valence-corrected chi connectivity index (χ1v) is 7.38. The molecule has 4 nitrogen and oxygen atoms in total. The van der Waals surface area contributed by atoms with Crippen LogP contribution in [0.5, 0.6) is 0 Å². The minimum Gasteiger partial charge on any atom is -0.465 e. The monoisotopic (exact) mass is 280 g/mol. The molecule has 0 bridgehead atoms. The Morgan fingerprint density at radius 2 is 2.37 bits per heavy atom. The number of anilines is 2. The first-order valence-electron chi connectivity index (χ1n) is 6.40. The molecule has 1 aromatic rings. The molecule has 1 aliphatic rings. The van der Waals surface area contributed by atoms with Crippen LogP contribution < -0.4 is 11.1 Å². The molecule has 1 aromatic carbocycles. The number of methoxy groups -OCH3 is 1. The number of hydrogen-bond donors (Lipinski definition) is 2. The molecular formula is C14H20N2O2S. The van der Waals surface area contributed by atoms with Crippen LogP contribution >= 0.6 is 11.8 Å². The van der Waals surface area contributed by atoms with Crippen molar-refractivity contribution in [3.63, 3.8) is 0 Å². The average molecular weight is 280 g/mol. The molecular weight excluding hydrogens is 260 g/mol. The van der Waals surface area contributed by atoms with Crippen LogP contribution in [-0.2, 0) is 4.74 Å². The third-order valence-electron chi connectivity index (χ3n) is 3.43. The molecule has 1 heterocycles. The predicted molar refractivity (Wildman–Crippen MR) is 80.8 cm³/mol. The second-order valence-corrected chi connectivity index (χ2v) is 6.73. The van der Waals surface area contributed by atoms with E-state index in [0.29, 0.717) is 11.3 Å². The van der Waals surface area contributed by atoms with E-state index >= 15 is 0 Å². The molecule has 0 aromatic heterocycles. The Kier molecular flexibility index (Phi) is 4.24. The van der Waals surface area contributed by atoms with Crippen LogP contribution in [0.15, 0.2) is 18.2 Å². The van der Waals surface area contributed by atoms with Gasteiger partial charge in [-0.3, -0.25) is 0 Å². The van der Waals surface area contributed by atoms with Gasteiger partial charge in [0, 0.05) is 11.3 Å². The third kappa shape index (κ3) is 3.35. The zero-order valence-electron chi connectivity index (χ0n) is 11.4. The van der Waals surface area contributed by atoms with Gasteiger partial charge in [-0.05, 0) is 43.7 Å². The molecule has 104 valence electrons. The lowest BCUT2D eigenvalue weighted by molar-refractivity contribution is 0.0601. The third-order valence-corrected chi connectivity index (χ3v) is 4.96. The summed E-state index contributed by atoms with van der Waals surface area (Å²) >= 11 is 2.00. The molecule has 3 N–H and O–H groups in total. The highest BCUT2D eigenvalue weighted by Gasteiger charge is 2.29. The number of carbonyl (C=O) groups excluding carboxylic acids is 1. The molecule has 1 saturated heterocycles. The lowest BCUT2D eigenvalue weighted by atomic mass is 10.1. The quantitative estimate of drug-likeness (QED) is 0.656. The van der Waals surface area contributed by atoms with E-state index in [-0.39, 0.29) is 10.7 Å². The SMILES string of the molecule is COC(=O)c1ccc(NCC2(C)CCCS2)c(N)c1. The molecule has 0 saturated carbocycles. The number of esters is 1. The van der Waals surface area contributed by atoms with Crippen molar-refractivity contribution in [2.45, 2.75) is 24.5 Å². The Labute approximate surface area is 118 Å². The minimum absolute atomic E-state index is 0.285. The van der Waals surface area contributed by atoms with Gasteiger partial charge in [-0.2, -0.15) is 11.8 Å². The fraction of sp³-hybridized carbons (Fsp3) is 0.500. The zero-order valence-corrected chi connectivity index (χ0v) is 12.2. The smallest absolute Gasteiger partial charge is 0.337 e. The fourth-order valence-corrected chi connectivity index (χ4v) is 3.47. The maximum absolute atomic E-state index is 11.4. The van der Waals surface area contributed by atoms with Gasteiger partial charge in [-0.15, -0.1) is 0 Å². The Balaban J connectivity index is 2.03. The number of hydrogen-bond acceptors (Lipinski definition) is 5. The number of ether oxygens (including phenoxy) is 1. The Morgan fingerprint density at radius 3 is 2.95 bits per heavy atom. The van der Waals surface area contributed by atoms with Crippen LogP contribution in [0, 0.1) is 0 Å². The van der Waals surface area contributed by atoms with Crippen LogP contribution in [0.3, 0.4) is 0 Å². The van der Waals surface area contributed by atoms with Crippen LogP contribution in [0.25, 0.3) is 0 Å². The predicted octanol–water partition coefficient (Wildman–Crippen LogP) is 2.75. The standard InChI is InChI=1S/C14H20N2O2S/c1-14(6-3-7-19-14)9-16-12-5-4-10(8-11(12)15)13(17)18-2/h4-5,8,16H,3,6-7,9,15H2,1-2H3. The summed E-state index contributed by atoms with van der Waals surface area (Å²) in [7, 11) is 1.36. The van der Waals surface area contributed by atoms with Crippen molar-refractivity contribution in [1.82, 2.24) is 0 Å². The molecule has 2 rings (SSSR count). The van der Waals surface area contributed by atoms with Crippen LogP contribution in [0.4, 0.5) is 11.4 Å². The van der Waals surface area contributed by atoms with E-state index in [1.165, 1.54) is 25.7 Å². The van der Waals surface area contributed by atoms with Crippen LogP contribution in [-0.4, -0.2) is 30.1 Å². The van der Waals surface area contributed by atoms with E-state index in [2.05, 4.69) is 17.0 Å². The second kappa shape index (κ2) is 5.74. The molecule has 0 radical (unpaired) electrons. The van der Waals surface area contributed by atoms with Crippen molar-refractivity contribution in [2.75, 3.05) is 30.5 Å². The normalized spacial score (nSPS) is 22.2. The van der Waals surface area contributed by atoms with Crippen molar-refractivity contribution in [1.29, 1.82) is 0 Å². The number of thioether (sulfide) groups is 1. The molecule has 0 spiro atoms. The summed E-state index contributed by atoms with van der Waals surface area (Å²) in [6.07, 6.45) is 2.50. The molecule has 19 heavy (non-hydrogen) atoms. The number of nitrogens with two attached hydrogens (primary N) is 1. The second-order valence-electron chi connectivity index (χ2n) is 5.05. The van der Waals surface area contributed by atoms with Crippen molar-refractivity contribution in [3.8, 4) is 0 Å². The highest BCUT2D eigenvalue weighted by atomic mass is 32.2. The topological polar surface area (TPSA) is 64.3 Å². The van der Waals surface area contributed by atoms with Gasteiger partial charge in [0.15, 0.2) is 0 Å². The summed E-state index contributed by atoms with van der Waals surface area (Å²) < 4.78 is 4.96. The number of benzene rings is 1. The van der Waals surface area contributed by atoms with Crippen molar-refractivity contribution >= 4 is 29.1 Å². The zero-order chi connectivity index (χ0) is 13.9. The van der Waals surface area contributed by atoms with Gasteiger partial charge >= 0.3 is 5.97 Å². The summed E-state index contributed by atoms with van der Waals surface area (Å²) in [5, 5.41) is 3.38. The number of rotatable bonds is 4. The highest BCUT2D eigenvalue weighted by molar-refractivity contribution is 8.00. The van der Waals surface area contributed by atoms with Gasteiger partial charge in [0.1, 0.15) is 0 Å². The van der Waals surface area contributed by atoms with Crippen molar-refractivity contribution < 1.29 is 9.53 Å². The first-order chi connectivity index (χ1) is 9.04. The summed E-state index contributed by atoms with van der Waals surface area (Å²) in [6, 6.07) is 5.22. The van der Waals surface area contributed by atoms with E-state index in [0.717, 1.165) is 12.2 Å². The van der Waals surface area contributed by atoms with Gasteiger partial charge in [-0.25, -0.2) is 4.79 Å².